The highest BCUT2D eigenvalue weighted by atomic mass is 19.4. The Labute approximate surface area is 150 Å². The molecule has 0 radical (unpaired) electrons. The van der Waals surface area contributed by atoms with Crippen molar-refractivity contribution in [2.24, 2.45) is 0 Å². The Balaban J connectivity index is 2.12. The van der Waals surface area contributed by atoms with Gasteiger partial charge in [-0.15, -0.1) is 0 Å². The number of halogens is 3. The third-order valence-electron chi connectivity index (χ3n) is 4.00. The summed E-state index contributed by atoms with van der Waals surface area (Å²) in [5.41, 5.74) is -1.49. The van der Waals surface area contributed by atoms with E-state index in [9.17, 15) is 22.8 Å². The number of rotatable bonds is 3. The highest BCUT2D eigenvalue weighted by molar-refractivity contribution is 5.89. The monoisotopic (exact) mass is 372 g/mol. The van der Waals surface area contributed by atoms with Crippen molar-refractivity contribution in [2.75, 3.05) is 6.54 Å². The Morgan fingerprint density at radius 2 is 1.96 bits per heavy atom. The first-order valence-electron chi connectivity index (χ1n) is 8.52. The van der Waals surface area contributed by atoms with Gasteiger partial charge in [0.05, 0.1) is 18.0 Å². The van der Waals surface area contributed by atoms with Gasteiger partial charge in [0.1, 0.15) is 5.60 Å². The van der Waals surface area contributed by atoms with Crippen molar-refractivity contribution < 1.29 is 27.5 Å². The Morgan fingerprint density at radius 1 is 1.27 bits per heavy atom. The number of likely N-dealkylation sites (tertiary alicyclic amines) is 1. The average molecular weight is 372 g/mol. The summed E-state index contributed by atoms with van der Waals surface area (Å²) in [4.78, 5) is 30.2. The van der Waals surface area contributed by atoms with Crippen molar-refractivity contribution in [2.45, 2.75) is 64.3 Å². The second kappa shape index (κ2) is 7.63. The maximum absolute atomic E-state index is 12.8. The highest BCUT2D eigenvalue weighted by Gasteiger charge is 2.35. The second-order valence-electron chi connectivity index (χ2n) is 7.36. The molecule has 1 aromatic heterocycles. The standard InChI is InChI=1S/C18H23F3N2O3/c1-17(2,3)26-16(25)23-9-5-4-6-14(23)15(24)11-13-10-12(7-8-22-13)18(19,20)21/h7-8,10,14H,4-6,9,11H2,1-3H3/t14-/m0/s1. The minimum atomic E-state index is -4.49. The minimum Gasteiger partial charge on any atom is -0.444 e. The lowest BCUT2D eigenvalue weighted by atomic mass is 9.96. The van der Waals surface area contributed by atoms with Gasteiger partial charge in [-0.05, 0) is 52.2 Å². The molecule has 1 atom stereocenters. The molecule has 2 rings (SSSR count). The lowest BCUT2D eigenvalue weighted by molar-refractivity contribution is -0.137. The van der Waals surface area contributed by atoms with Gasteiger partial charge in [0.25, 0.3) is 0 Å². The Morgan fingerprint density at radius 3 is 2.58 bits per heavy atom. The van der Waals surface area contributed by atoms with Crippen LogP contribution in [0.4, 0.5) is 18.0 Å². The molecule has 1 aliphatic heterocycles. The van der Waals surface area contributed by atoms with Gasteiger partial charge in [0, 0.05) is 18.4 Å². The molecule has 0 spiro atoms. The van der Waals surface area contributed by atoms with Crippen molar-refractivity contribution in [3.8, 4) is 0 Å². The van der Waals surface area contributed by atoms with E-state index in [1.807, 2.05) is 0 Å². The third-order valence-corrected chi connectivity index (χ3v) is 4.00. The maximum Gasteiger partial charge on any atom is 0.416 e. The fourth-order valence-electron chi connectivity index (χ4n) is 2.85. The maximum atomic E-state index is 12.8. The number of aromatic nitrogens is 1. The van der Waals surface area contributed by atoms with Crippen LogP contribution in [0.2, 0.25) is 0 Å². The summed E-state index contributed by atoms with van der Waals surface area (Å²) in [6.45, 7) is 5.59. The summed E-state index contributed by atoms with van der Waals surface area (Å²) < 4.78 is 43.8. The van der Waals surface area contributed by atoms with Crippen LogP contribution in [-0.2, 0) is 22.1 Å². The lowest BCUT2D eigenvalue weighted by Crippen LogP contribution is -2.50. The summed E-state index contributed by atoms with van der Waals surface area (Å²) in [5.74, 6) is -0.331. The number of Topliss-reactive ketones (excluding diaryl/α,β-unsaturated/α-hetero) is 1. The fourth-order valence-corrected chi connectivity index (χ4v) is 2.85. The van der Waals surface area contributed by atoms with Gasteiger partial charge in [0.2, 0.25) is 0 Å². The van der Waals surface area contributed by atoms with Crippen LogP contribution in [0.3, 0.4) is 0 Å². The van der Waals surface area contributed by atoms with E-state index in [4.69, 9.17) is 4.74 Å². The van der Waals surface area contributed by atoms with Crippen molar-refractivity contribution in [3.63, 3.8) is 0 Å². The number of carbonyl (C=O) groups is 2. The Hall–Kier alpha value is -2.12. The molecule has 1 aliphatic rings. The van der Waals surface area contributed by atoms with Crippen molar-refractivity contribution in [1.82, 2.24) is 9.88 Å². The number of hydrogen-bond acceptors (Lipinski definition) is 4. The number of nitrogens with zero attached hydrogens (tertiary/aromatic N) is 2. The van der Waals surface area contributed by atoms with Crippen molar-refractivity contribution >= 4 is 11.9 Å². The quantitative estimate of drug-likeness (QED) is 0.805. The van der Waals surface area contributed by atoms with E-state index in [0.29, 0.717) is 13.0 Å². The molecule has 5 nitrogen and oxygen atoms in total. The molecule has 144 valence electrons. The molecule has 1 fully saturated rings. The summed E-state index contributed by atoms with van der Waals surface area (Å²) in [6, 6.07) is 1.04. The van der Waals surface area contributed by atoms with Crippen LogP contribution in [0.15, 0.2) is 18.3 Å². The van der Waals surface area contributed by atoms with E-state index in [2.05, 4.69) is 4.98 Å². The first kappa shape index (κ1) is 20.2. The molecule has 2 heterocycles. The van der Waals surface area contributed by atoms with Gasteiger partial charge in [-0.25, -0.2) is 4.79 Å². The molecular weight excluding hydrogens is 349 g/mol. The molecule has 8 heteroatoms. The van der Waals surface area contributed by atoms with Gasteiger partial charge in [-0.2, -0.15) is 13.2 Å². The summed E-state index contributed by atoms with van der Waals surface area (Å²) in [5, 5.41) is 0. The largest absolute Gasteiger partial charge is 0.444 e. The van der Waals surface area contributed by atoms with E-state index in [-0.39, 0.29) is 17.9 Å². The predicted octanol–water partition coefficient (Wildman–Crippen LogP) is 4.00. The van der Waals surface area contributed by atoms with Gasteiger partial charge < -0.3 is 4.74 Å². The summed E-state index contributed by atoms with van der Waals surface area (Å²) in [7, 11) is 0. The molecule has 0 unspecified atom stereocenters. The summed E-state index contributed by atoms with van der Waals surface area (Å²) >= 11 is 0. The van der Waals surface area contributed by atoms with Gasteiger partial charge in [0.15, 0.2) is 5.78 Å². The van der Waals surface area contributed by atoms with E-state index >= 15 is 0 Å². The number of alkyl halides is 3. The number of ketones is 1. The zero-order chi connectivity index (χ0) is 19.5. The Kier molecular flexibility index (Phi) is 5.93. The van der Waals surface area contributed by atoms with E-state index in [1.54, 1.807) is 20.8 Å². The van der Waals surface area contributed by atoms with E-state index < -0.39 is 29.5 Å². The van der Waals surface area contributed by atoms with Crippen molar-refractivity contribution in [1.29, 1.82) is 0 Å². The predicted molar refractivity (Wildman–Crippen MR) is 88.5 cm³/mol. The van der Waals surface area contributed by atoms with Crippen LogP contribution in [0.5, 0.6) is 0 Å². The SMILES string of the molecule is CC(C)(C)OC(=O)N1CCCC[C@H]1C(=O)Cc1cc(C(F)(F)F)ccn1. The van der Waals surface area contributed by atoms with Crippen LogP contribution in [0, 0.1) is 0 Å². The molecule has 0 aromatic carbocycles. The number of carbonyl (C=O) groups excluding carboxylic acids is 2. The zero-order valence-corrected chi connectivity index (χ0v) is 15.1. The van der Waals surface area contributed by atoms with Crippen LogP contribution in [-0.4, -0.2) is 39.9 Å². The van der Waals surface area contributed by atoms with Crippen LogP contribution in [0.1, 0.15) is 51.3 Å². The van der Waals surface area contributed by atoms with Crippen molar-refractivity contribution in [3.05, 3.63) is 29.6 Å². The minimum absolute atomic E-state index is 0.0412. The van der Waals surface area contributed by atoms with Gasteiger partial charge >= 0.3 is 12.3 Å². The van der Waals surface area contributed by atoms with E-state index in [0.717, 1.165) is 31.2 Å². The van der Waals surface area contributed by atoms with Gasteiger partial charge in [-0.3, -0.25) is 14.7 Å². The molecule has 0 bridgehead atoms. The number of piperidine rings is 1. The zero-order valence-electron chi connectivity index (χ0n) is 15.1. The molecule has 0 aliphatic carbocycles. The third kappa shape index (κ3) is 5.44. The van der Waals surface area contributed by atoms with E-state index in [1.165, 1.54) is 4.90 Å². The molecule has 0 N–H and O–H groups in total. The first-order valence-corrected chi connectivity index (χ1v) is 8.52. The van der Waals surface area contributed by atoms with Crippen LogP contribution in [0.25, 0.3) is 0 Å². The molecule has 0 saturated carbocycles. The first-order chi connectivity index (χ1) is 12.0. The molecular formula is C18H23F3N2O3. The smallest absolute Gasteiger partial charge is 0.416 e. The number of ether oxygens (including phenoxy) is 1. The Bertz CT molecular complexity index is 668. The molecule has 1 saturated heterocycles. The fraction of sp³-hybridized carbons (Fsp3) is 0.611. The average Bonchev–Trinajstić information content (AvgIpc) is 2.52. The summed E-state index contributed by atoms with van der Waals surface area (Å²) in [6.07, 6.45) is -2.29. The lowest BCUT2D eigenvalue weighted by Gasteiger charge is -2.35. The van der Waals surface area contributed by atoms with Crippen LogP contribution >= 0.6 is 0 Å². The number of amides is 1. The normalized spacial score (nSPS) is 18.5. The van der Waals surface area contributed by atoms with Crippen LogP contribution < -0.4 is 0 Å². The second-order valence-corrected chi connectivity index (χ2v) is 7.36. The highest BCUT2D eigenvalue weighted by Crippen LogP contribution is 2.29. The topological polar surface area (TPSA) is 59.5 Å². The van der Waals surface area contributed by atoms with Gasteiger partial charge in [-0.1, -0.05) is 0 Å². The molecule has 1 amide bonds. The molecule has 26 heavy (non-hydrogen) atoms. The number of hydrogen-bond donors (Lipinski definition) is 0. The number of pyridine rings is 1. The molecule has 1 aromatic rings.